The molecule has 6 N–H and O–H groups in total. The lowest BCUT2D eigenvalue weighted by Crippen LogP contribution is -2.54. The number of quaternary nitrogens is 1. The second-order valence-corrected chi connectivity index (χ2v) is 7.56. The first kappa shape index (κ1) is 28.8. The zero-order valence-corrected chi connectivity index (χ0v) is 16.6. The second kappa shape index (κ2) is 17.7. The normalized spacial score (nSPS) is 12.1. The molecular weight excluding hydrogens is 384 g/mol. The van der Waals surface area contributed by atoms with E-state index >= 15 is 0 Å². The van der Waals surface area contributed by atoms with Crippen molar-refractivity contribution < 1.29 is 48.1 Å². The van der Waals surface area contributed by atoms with Gasteiger partial charge in [0.05, 0.1) is 55.5 Å². The molecule has 0 amide bonds. The fraction of sp³-hybridized carbons (Fsp3) is 1.00. The van der Waals surface area contributed by atoms with Crippen LogP contribution in [0.3, 0.4) is 0 Å². The molecule has 0 spiro atoms. The van der Waals surface area contributed by atoms with E-state index in [0.29, 0.717) is 37.1 Å². The zero-order valence-electron chi connectivity index (χ0n) is 15.8. The maximum Gasteiger partial charge on any atom is 0.102 e. The van der Waals surface area contributed by atoms with Gasteiger partial charge in [0, 0.05) is 32.7 Å². The van der Waals surface area contributed by atoms with Gasteiger partial charge in [-0.1, -0.05) is 0 Å². The third kappa shape index (κ3) is 17.4. The van der Waals surface area contributed by atoms with Crippen LogP contribution in [0.5, 0.6) is 0 Å². The third-order valence-corrected chi connectivity index (χ3v) is 4.69. The summed E-state index contributed by atoms with van der Waals surface area (Å²) < 4.78 is 31.2. The van der Waals surface area contributed by atoms with Crippen molar-refractivity contribution in [1.82, 2.24) is 4.90 Å². The molecule has 0 fully saturated rings. The van der Waals surface area contributed by atoms with E-state index in [1.807, 2.05) is 0 Å². The zero-order chi connectivity index (χ0) is 21.2. The van der Waals surface area contributed by atoms with E-state index in [2.05, 4.69) is 0 Å². The first-order valence-corrected chi connectivity index (χ1v) is 10.5. The standard InChI is InChI=1S/C9H22NO4.C6H15NO5S/c11-6-1-2-10(3-7-12,4-8-13)5-9-14;8-4-1-7(2-5-9)3-6-13(10,11)12/h11-14H,1-9H2;8-9H,1-6H2,(H,10,11,12)/q+1;/p-1. The molecule has 0 aliphatic carbocycles. The summed E-state index contributed by atoms with van der Waals surface area (Å²) in [6.45, 7) is 2.74. The second-order valence-electron chi connectivity index (χ2n) is 6.03. The minimum Gasteiger partial charge on any atom is -0.748 e. The van der Waals surface area contributed by atoms with E-state index in [9.17, 15) is 13.0 Å². The highest BCUT2D eigenvalue weighted by molar-refractivity contribution is 7.85. The highest BCUT2D eigenvalue weighted by Gasteiger charge is 2.24. The molecule has 0 aliphatic heterocycles. The van der Waals surface area contributed by atoms with Crippen molar-refractivity contribution in [1.29, 1.82) is 0 Å². The molecule has 0 saturated carbocycles. The summed E-state index contributed by atoms with van der Waals surface area (Å²) >= 11 is 0. The van der Waals surface area contributed by atoms with Crippen molar-refractivity contribution in [2.75, 3.05) is 91.2 Å². The molecule has 0 rings (SSSR count). The van der Waals surface area contributed by atoms with Crippen LogP contribution in [0.1, 0.15) is 6.42 Å². The molecular formula is C15H36N2O9S. The number of aliphatic hydroxyl groups excluding tert-OH is 6. The summed E-state index contributed by atoms with van der Waals surface area (Å²) in [5.74, 6) is -0.493. The van der Waals surface area contributed by atoms with Crippen LogP contribution in [0.2, 0.25) is 0 Å². The van der Waals surface area contributed by atoms with Gasteiger partial charge >= 0.3 is 0 Å². The molecule has 0 radical (unpaired) electrons. The molecule has 0 aromatic rings. The first-order valence-electron chi connectivity index (χ1n) is 8.90. The lowest BCUT2D eigenvalue weighted by Gasteiger charge is -2.37. The Morgan fingerprint density at radius 2 is 1.11 bits per heavy atom. The molecule has 0 unspecified atom stereocenters. The maximum absolute atomic E-state index is 10.2. The van der Waals surface area contributed by atoms with Gasteiger partial charge in [-0.2, -0.15) is 0 Å². The lowest BCUT2D eigenvalue weighted by atomic mass is 10.2. The minimum atomic E-state index is -4.21. The van der Waals surface area contributed by atoms with E-state index in [1.54, 1.807) is 0 Å². The van der Waals surface area contributed by atoms with Gasteiger partial charge in [0.15, 0.2) is 0 Å². The molecule has 0 aromatic heterocycles. The molecule has 27 heavy (non-hydrogen) atoms. The Morgan fingerprint density at radius 1 is 0.667 bits per heavy atom. The summed E-state index contributed by atoms with van der Waals surface area (Å²) in [7, 11) is -4.21. The monoisotopic (exact) mass is 420 g/mol. The van der Waals surface area contributed by atoms with Crippen molar-refractivity contribution in [3.05, 3.63) is 0 Å². The Bertz CT molecular complexity index is 400. The lowest BCUT2D eigenvalue weighted by molar-refractivity contribution is -0.929. The predicted octanol–water partition coefficient (Wildman–Crippen LogP) is -4.02. The summed E-state index contributed by atoms with van der Waals surface area (Å²) in [4.78, 5) is 1.51. The predicted molar refractivity (Wildman–Crippen MR) is 97.9 cm³/mol. The molecule has 0 saturated heterocycles. The Balaban J connectivity index is 0. The van der Waals surface area contributed by atoms with E-state index in [4.69, 9.17) is 30.6 Å². The van der Waals surface area contributed by atoms with Gasteiger partial charge in [-0.3, -0.25) is 4.90 Å². The van der Waals surface area contributed by atoms with Gasteiger partial charge in [0.2, 0.25) is 0 Å². The smallest absolute Gasteiger partial charge is 0.102 e. The number of rotatable bonds is 16. The third-order valence-electron chi connectivity index (χ3n) is 4.00. The molecule has 0 atom stereocenters. The quantitative estimate of drug-likeness (QED) is 0.106. The molecule has 166 valence electrons. The van der Waals surface area contributed by atoms with Crippen LogP contribution < -0.4 is 0 Å². The van der Waals surface area contributed by atoms with Gasteiger partial charge in [0.25, 0.3) is 0 Å². The Labute approximate surface area is 161 Å². The van der Waals surface area contributed by atoms with Crippen molar-refractivity contribution in [2.45, 2.75) is 6.42 Å². The van der Waals surface area contributed by atoms with Gasteiger partial charge in [0.1, 0.15) is 19.6 Å². The van der Waals surface area contributed by atoms with E-state index in [-0.39, 0.29) is 59.3 Å². The molecule has 11 nitrogen and oxygen atoms in total. The molecule has 0 aliphatic rings. The molecule has 12 heteroatoms. The van der Waals surface area contributed by atoms with Crippen LogP contribution in [0.15, 0.2) is 0 Å². The van der Waals surface area contributed by atoms with E-state index < -0.39 is 15.9 Å². The van der Waals surface area contributed by atoms with Crippen LogP contribution in [-0.2, 0) is 10.1 Å². The highest BCUT2D eigenvalue weighted by Crippen LogP contribution is 2.07. The topological polar surface area (TPSA) is 182 Å². The van der Waals surface area contributed by atoms with Crippen LogP contribution in [0.4, 0.5) is 0 Å². The average Bonchev–Trinajstić information content (AvgIpc) is 2.59. The highest BCUT2D eigenvalue weighted by atomic mass is 32.2. The van der Waals surface area contributed by atoms with E-state index in [0.717, 1.165) is 0 Å². The maximum atomic E-state index is 10.2. The largest absolute Gasteiger partial charge is 0.748 e. The van der Waals surface area contributed by atoms with Crippen molar-refractivity contribution in [3.8, 4) is 0 Å². The van der Waals surface area contributed by atoms with Gasteiger partial charge in [-0.25, -0.2) is 8.42 Å². The van der Waals surface area contributed by atoms with E-state index in [1.165, 1.54) is 4.90 Å². The number of aliphatic hydroxyl groups is 6. The average molecular weight is 421 g/mol. The Morgan fingerprint density at radius 3 is 1.41 bits per heavy atom. The summed E-state index contributed by atoms with van der Waals surface area (Å²) in [5, 5.41) is 52.6. The SMILES string of the molecule is O=S(=O)([O-])CCN(CCO)CCO.OCCC[N+](CCO)(CCO)CCO. The van der Waals surface area contributed by atoms with Crippen molar-refractivity contribution >= 4 is 10.1 Å². The molecule has 0 heterocycles. The first-order chi connectivity index (χ1) is 12.7. The van der Waals surface area contributed by atoms with Crippen LogP contribution in [0, 0.1) is 0 Å². The number of hydrogen-bond donors (Lipinski definition) is 6. The molecule has 0 bridgehead atoms. The summed E-state index contributed by atoms with van der Waals surface area (Å²) in [6, 6.07) is 0. The molecule has 0 aromatic carbocycles. The van der Waals surface area contributed by atoms with Gasteiger partial charge < -0.3 is 39.7 Å². The Hall–Kier alpha value is -0.410. The van der Waals surface area contributed by atoms with Crippen LogP contribution in [-0.4, -0.2) is 144 Å². The fourth-order valence-corrected chi connectivity index (χ4v) is 3.05. The Kier molecular flexibility index (Phi) is 18.8. The van der Waals surface area contributed by atoms with Crippen molar-refractivity contribution in [3.63, 3.8) is 0 Å². The van der Waals surface area contributed by atoms with Crippen LogP contribution >= 0.6 is 0 Å². The summed E-state index contributed by atoms with van der Waals surface area (Å²) in [6.07, 6.45) is 0.625. The number of hydrogen-bond acceptors (Lipinski definition) is 10. The van der Waals surface area contributed by atoms with Crippen molar-refractivity contribution in [2.24, 2.45) is 0 Å². The minimum absolute atomic E-state index is 0.0332. The summed E-state index contributed by atoms with van der Waals surface area (Å²) in [5.41, 5.74) is 0. The van der Waals surface area contributed by atoms with Gasteiger partial charge in [-0.15, -0.1) is 0 Å². The van der Waals surface area contributed by atoms with Gasteiger partial charge in [-0.05, 0) is 0 Å². The fourth-order valence-electron chi connectivity index (χ4n) is 2.57. The van der Waals surface area contributed by atoms with Crippen LogP contribution in [0.25, 0.3) is 0 Å². The number of nitrogens with zero attached hydrogens (tertiary/aromatic N) is 2.